The Morgan fingerprint density at radius 2 is 1.87 bits per heavy atom. The summed E-state index contributed by atoms with van der Waals surface area (Å²) in [6, 6.07) is 0.660. The molecular formula is C12H23NO2. The first kappa shape index (κ1) is 11.4. The van der Waals surface area contributed by atoms with Crippen LogP contribution < -0.4 is 0 Å². The molecule has 1 N–H and O–H groups in total. The van der Waals surface area contributed by atoms with Crippen molar-refractivity contribution < 1.29 is 9.84 Å². The molecule has 2 fully saturated rings. The maximum atomic E-state index is 9.51. The maximum Gasteiger partial charge on any atom is 0.0645 e. The number of nitrogens with zero attached hydrogens (tertiary/aromatic N) is 1. The van der Waals surface area contributed by atoms with E-state index in [1.807, 2.05) is 0 Å². The largest absolute Gasteiger partial charge is 0.393 e. The summed E-state index contributed by atoms with van der Waals surface area (Å²) in [6.07, 6.45) is 4.18. The summed E-state index contributed by atoms with van der Waals surface area (Å²) in [5.41, 5.74) is 0.172. The van der Waals surface area contributed by atoms with Crippen molar-refractivity contribution in [3.05, 3.63) is 0 Å². The van der Waals surface area contributed by atoms with Gasteiger partial charge in [-0.2, -0.15) is 0 Å². The number of rotatable bonds is 1. The Balaban J connectivity index is 1.96. The van der Waals surface area contributed by atoms with E-state index in [2.05, 4.69) is 18.7 Å². The van der Waals surface area contributed by atoms with Crippen LogP contribution in [0, 0.1) is 0 Å². The highest BCUT2D eigenvalue weighted by atomic mass is 16.5. The minimum Gasteiger partial charge on any atom is -0.393 e. The highest BCUT2D eigenvalue weighted by Crippen LogP contribution is 2.30. The predicted octanol–water partition coefficient (Wildman–Crippen LogP) is 1.40. The summed E-state index contributed by atoms with van der Waals surface area (Å²) in [4.78, 5) is 2.59. The van der Waals surface area contributed by atoms with Crippen molar-refractivity contribution in [3.8, 4) is 0 Å². The molecule has 1 aliphatic carbocycles. The van der Waals surface area contributed by atoms with E-state index in [0.29, 0.717) is 6.04 Å². The summed E-state index contributed by atoms with van der Waals surface area (Å²) in [6.45, 7) is 7.27. The van der Waals surface area contributed by atoms with Gasteiger partial charge in [-0.15, -0.1) is 0 Å². The van der Waals surface area contributed by atoms with Crippen molar-refractivity contribution in [1.82, 2.24) is 4.90 Å². The lowest BCUT2D eigenvalue weighted by atomic mass is 9.88. The van der Waals surface area contributed by atoms with Crippen molar-refractivity contribution in [1.29, 1.82) is 0 Å². The number of aliphatic hydroxyl groups is 1. The maximum absolute atomic E-state index is 9.51. The molecule has 1 heterocycles. The van der Waals surface area contributed by atoms with Crippen LogP contribution in [0.4, 0.5) is 0 Å². The van der Waals surface area contributed by atoms with Gasteiger partial charge in [-0.05, 0) is 39.5 Å². The summed E-state index contributed by atoms with van der Waals surface area (Å²) in [5.74, 6) is 0. The van der Waals surface area contributed by atoms with Crippen molar-refractivity contribution in [2.24, 2.45) is 0 Å². The predicted molar refractivity (Wildman–Crippen MR) is 59.9 cm³/mol. The Morgan fingerprint density at radius 1 is 1.20 bits per heavy atom. The second kappa shape index (κ2) is 4.40. The van der Waals surface area contributed by atoms with E-state index in [9.17, 15) is 5.11 Å². The third-order valence-corrected chi connectivity index (χ3v) is 3.82. The Labute approximate surface area is 92.4 Å². The lowest BCUT2D eigenvalue weighted by molar-refractivity contribution is -0.0834. The number of morpholine rings is 1. The molecule has 0 atom stereocenters. The number of aliphatic hydroxyl groups excluding tert-OH is 1. The zero-order chi connectivity index (χ0) is 10.9. The zero-order valence-corrected chi connectivity index (χ0v) is 9.91. The molecule has 0 aromatic heterocycles. The molecule has 88 valence electrons. The standard InChI is InChI=1S/C12H23NO2/c1-12(2)9-15-8-7-13(12)10-3-5-11(14)6-4-10/h10-11,14H,3-9H2,1-2H3. The van der Waals surface area contributed by atoms with Crippen LogP contribution in [0.15, 0.2) is 0 Å². The molecule has 3 heteroatoms. The first-order chi connectivity index (χ1) is 7.09. The molecule has 15 heavy (non-hydrogen) atoms. The van der Waals surface area contributed by atoms with Gasteiger partial charge in [0, 0.05) is 18.1 Å². The summed E-state index contributed by atoms with van der Waals surface area (Å²) in [7, 11) is 0. The van der Waals surface area contributed by atoms with E-state index in [0.717, 1.165) is 45.4 Å². The summed E-state index contributed by atoms with van der Waals surface area (Å²) in [5, 5.41) is 9.51. The van der Waals surface area contributed by atoms with E-state index >= 15 is 0 Å². The third-order valence-electron chi connectivity index (χ3n) is 3.82. The third kappa shape index (κ3) is 2.52. The average Bonchev–Trinajstić information content (AvgIpc) is 2.19. The highest BCUT2D eigenvalue weighted by molar-refractivity contribution is 4.91. The second-order valence-corrected chi connectivity index (χ2v) is 5.52. The van der Waals surface area contributed by atoms with Crippen LogP contribution >= 0.6 is 0 Å². The van der Waals surface area contributed by atoms with E-state index in [1.54, 1.807) is 0 Å². The van der Waals surface area contributed by atoms with Gasteiger partial charge in [-0.25, -0.2) is 0 Å². The van der Waals surface area contributed by atoms with Crippen molar-refractivity contribution in [2.75, 3.05) is 19.8 Å². The summed E-state index contributed by atoms with van der Waals surface area (Å²) >= 11 is 0. The molecular weight excluding hydrogens is 190 g/mol. The molecule has 1 saturated heterocycles. The number of ether oxygens (including phenoxy) is 1. The van der Waals surface area contributed by atoms with Gasteiger partial charge in [0.25, 0.3) is 0 Å². The van der Waals surface area contributed by atoms with E-state index in [1.165, 1.54) is 0 Å². The lowest BCUT2D eigenvalue weighted by Crippen LogP contribution is -2.57. The summed E-state index contributed by atoms with van der Waals surface area (Å²) < 4.78 is 5.54. The normalized spacial score (nSPS) is 37.8. The van der Waals surface area contributed by atoms with Gasteiger partial charge in [0.2, 0.25) is 0 Å². The minimum absolute atomic E-state index is 0.0506. The van der Waals surface area contributed by atoms with Crippen LogP contribution in [0.3, 0.4) is 0 Å². The van der Waals surface area contributed by atoms with Crippen LogP contribution in [0.25, 0.3) is 0 Å². The molecule has 0 aromatic rings. The van der Waals surface area contributed by atoms with Crippen molar-refractivity contribution in [3.63, 3.8) is 0 Å². The van der Waals surface area contributed by atoms with Gasteiger partial charge in [0.05, 0.1) is 19.3 Å². The van der Waals surface area contributed by atoms with Crippen LogP contribution in [0.5, 0.6) is 0 Å². The second-order valence-electron chi connectivity index (χ2n) is 5.52. The highest BCUT2D eigenvalue weighted by Gasteiger charge is 2.36. The Kier molecular flexibility index (Phi) is 3.33. The number of hydrogen-bond acceptors (Lipinski definition) is 3. The fourth-order valence-electron chi connectivity index (χ4n) is 2.92. The van der Waals surface area contributed by atoms with Crippen LogP contribution in [0.1, 0.15) is 39.5 Å². The number of hydrogen-bond donors (Lipinski definition) is 1. The van der Waals surface area contributed by atoms with Gasteiger partial charge >= 0.3 is 0 Å². The fourth-order valence-corrected chi connectivity index (χ4v) is 2.92. The molecule has 1 aliphatic heterocycles. The molecule has 0 radical (unpaired) electrons. The molecule has 0 amide bonds. The lowest BCUT2D eigenvalue weighted by Gasteiger charge is -2.48. The zero-order valence-electron chi connectivity index (χ0n) is 9.91. The molecule has 2 aliphatic rings. The average molecular weight is 213 g/mol. The van der Waals surface area contributed by atoms with Gasteiger partial charge in [-0.3, -0.25) is 4.90 Å². The molecule has 0 spiro atoms. The van der Waals surface area contributed by atoms with Crippen LogP contribution in [-0.4, -0.2) is 47.4 Å². The molecule has 0 unspecified atom stereocenters. The molecule has 1 saturated carbocycles. The van der Waals surface area contributed by atoms with E-state index < -0.39 is 0 Å². The molecule has 3 nitrogen and oxygen atoms in total. The van der Waals surface area contributed by atoms with E-state index in [4.69, 9.17) is 4.74 Å². The van der Waals surface area contributed by atoms with E-state index in [-0.39, 0.29) is 11.6 Å². The van der Waals surface area contributed by atoms with Crippen molar-refractivity contribution in [2.45, 2.75) is 57.2 Å². The van der Waals surface area contributed by atoms with Gasteiger partial charge in [0.15, 0.2) is 0 Å². The minimum atomic E-state index is -0.0506. The molecule has 0 aromatic carbocycles. The fraction of sp³-hybridized carbons (Fsp3) is 1.00. The SMILES string of the molecule is CC1(C)COCCN1C1CCC(O)CC1. The molecule has 0 bridgehead atoms. The van der Waals surface area contributed by atoms with Gasteiger partial charge in [0.1, 0.15) is 0 Å². The topological polar surface area (TPSA) is 32.7 Å². The Hall–Kier alpha value is -0.120. The van der Waals surface area contributed by atoms with Crippen LogP contribution in [-0.2, 0) is 4.74 Å². The Morgan fingerprint density at radius 3 is 2.47 bits per heavy atom. The quantitative estimate of drug-likeness (QED) is 0.714. The monoisotopic (exact) mass is 213 g/mol. The van der Waals surface area contributed by atoms with Gasteiger partial charge < -0.3 is 9.84 Å². The van der Waals surface area contributed by atoms with Gasteiger partial charge in [-0.1, -0.05) is 0 Å². The first-order valence-corrected chi connectivity index (χ1v) is 6.12. The first-order valence-electron chi connectivity index (χ1n) is 6.12. The molecule has 2 rings (SSSR count). The van der Waals surface area contributed by atoms with Crippen molar-refractivity contribution >= 4 is 0 Å². The smallest absolute Gasteiger partial charge is 0.0645 e. The Bertz CT molecular complexity index is 210. The van der Waals surface area contributed by atoms with Crippen LogP contribution in [0.2, 0.25) is 0 Å².